The summed E-state index contributed by atoms with van der Waals surface area (Å²) in [6.45, 7) is 5.96. The van der Waals surface area contributed by atoms with Gasteiger partial charge in [0.15, 0.2) is 0 Å². The molecule has 0 aliphatic carbocycles. The lowest BCUT2D eigenvalue weighted by atomic mass is 10.1. The third-order valence-electron chi connectivity index (χ3n) is 3.88. The molecule has 0 radical (unpaired) electrons. The van der Waals surface area contributed by atoms with Gasteiger partial charge in [-0.3, -0.25) is 0 Å². The Balaban J connectivity index is 2.13. The number of piperidine rings is 1. The van der Waals surface area contributed by atoms with Crippen LogP contribution in [0.25, 0.3) is 0 Å². The van der Waals surface area contributed by atoms with Crippen molar-refractivity contribution in [3.8, 4) is 0 Å². The Labute approximate surface area is 154 Å². The Morgan fingerprint density at radius 3 is 2.64 bits per heavy atom. The van der Waals surface area contributed by atoms with Crippen LogP contribution in [0.2, 0.25) is 5.02 Å². The first kappa shape index (κ1) is 20.0. The summed E-state index contributed by atoms with van der Waals surface area (Å²) in [5.41, 5.74) is -0.597. The van der Waals surface area contributed by atoms with Crippen LogP contribution in [0.5, 0.6) is 0 Å². The number of ether oxygens (including phenoxy) is 1. The van der Waals surface area contributed by atoms with Gasteiger partial charge in [0.25, 0.3) is 0 Å². The highest BCUT2D eigenvalue weighted by Gasteiger charge is 2.35. The number of rotatable bonds is 4. The molecule has 0 aromatic heterocycles. The van der Waals surface area contributed by atoms with E-state index < -0.39 is 21.7 Å². The summed E-state index contributed by atoms with van der Waals surface area (Å²) in [4.78, 5) is 12.0. The van der Waals surface area contributed by atoms with Crippen LogP contribution in [0.3, 0.4) is 0 Å². The van der Waals surface area contributed by atoms with Gasteiger partial charge in [0.2, 0.25) is 10.0 Å². The van der Waals surface area contributed by atoms with Crippen LogP contribution in [0.1, 0.15) is 40.0 Å². The van der Waals surface area contributed by atoms with Crippen LogP contribution in [0.15, 0.2) is 29.2 Å². The van der Waals surface area contributed by atoms with Crippen molar-refractivity contribution in [2.75, 3.05) is 13.1 Å². The van der Waals surface area contributed by atoms with Crippen LogP contribution in [-0.4, -0.2) is 43.5 Å². The summed E-state index contributed by atoms with van der Waals surface area (Å²) in [5.74, 6) is 0. The monoisotopic (exact) mass is 388 g/mol. The number of halogens is 1. The lowest BCUT2D eigenvalue weighted by Gasteiger charge is -2.35. The standard InChI is InChI=1S/C17H25ClN2O4S/c1-17(2,3)24-16(21)19-12-13-8-6-7-11-20(13)25(22,23)15-10-5-4-9-14(15)18/h4-5,9-10,13H,6-8,11-12H2,1-3H3,(H,19,21). The SMILES string of the molecule is CC(C)(C)OC(=O)NCC1CCCCN1S(=O)(=O)c1ccccc1Cl. The maximum atomic E-state index is 13.0. The van der Waals surface area contributed by atoms with Gasteiger partial charge in [0.1, 0.15) is 10.5 Å². The Kier molecular flexibility index (Phi) is 6.35. The molecular weight excluding hydrogens is 364 g/mol. The number of alkyl carbamates (subject to hydrolysis) is 1. The smallest absolute Gasteiger partial charge is 0.407 e. The van der Waals surface area contributed by atoms with Crippen molar-refractivity contribution in [3.05, 3.63) is 29.3 Å². The van der Waals surface area contributed by atoms with Gasteiger partial charge in [-0.2, -0.15) is 4.31 Å². The van der Waals surface area contributed by atoms with E-state index in [1.807, 2.05) is 0 Å². The molecule has 1 N–H and O–H groups in total. The molecule has 0 spiro atoms. The first-order valence-corrected chi connectivity index (χ1v) is 10.2. The quantitative estimate of drug-likeness (QED) is 0.857. The molecule has 8 heteroatoms. The fraction of sp³-hybridized carbons (Fsp3) is 0.588. The molecule has 140 valence electrons. The second kappa shape index (κ2) is 7.93. The van der Waals surface area contributed by atoms with Crippen molar-refractivity contribution >= 4 is 27.7 Å². The van der Waals surface area contributed by atoms with E-state index in [0.29, 0.717) is 13.0 Å². The molecule has 6 nitrogen and oxygen atoms in total. The molecule has 1 heterocycles. The van der Waals surface area contributed by atoms with E-state index in [2.05, 4.69) is 5.32 Å². The van der Waals surface area contributed by atoms with Gasteiger partial charge in [0.05, 0.1) is 5.02 Å². The number of hydrogen-bond acceptors (Lipinski definition) is 4. The van der Waals surface area contributed by atoms with Crippen LogP contribution >= 0.6 is 11.6 Å². The van der Waals surface area contributed by atoms with E-state index in [1.165, 1.54) is 10.4 Å². The maximum absolute atomic E-state index is 13.0. The third-order valence-corrected chi connectivity index (χ3v) is 6.33. The Morgan fingerprint density at radius 1 is 1.32 bits per heavy atom. The van der Waals surface area contributed by atoms with Gasteiger partial charge in [-0.05, 0) is 45.7 Å². The first-order chi connectivity index (χ1) is 11.6. The maximum Gasteiger partial charge on any atom is 0.407 e. The highest BCUT2D eigenvalue weighted by molar-refractivity contribution is 7.89. The average molecular weight is 389 g/mol. The van der Waals surface area contributed by atoms with Crippen molar-refractivity contribution in [2.45, 2.75) is 56.6 Å². The zero-order valence-corrected chi connectivity index (χ0v) is 16.4. The van der Waals surface area contributed by atoms with Crippen LogP contribution in [0, 0.1) is 0 Å². The topological polar surface area (TPSA) is 75.7 Å². The average Bonchev–Trinajstić information content (AvgIpc) is 2.52. The first-order valence-electron chi connectivity index (χ1n) is 8.34. The van der Waals surface area contributed by atoms with Gasteiger partial charge in [-0.1, -0.05) is 30.2 Å². The van der Waals surface area contributed by atoms with E-state index in [1.54, 1.807) is 39.0 Å². The molecule has 1 saturated heterocycles. The molecular formula is C17H25ClN2O4S. The second-order valence-electron chi connectivity index (χ2n) is 7.08. The molecule has 1 amide bonds. The number of nitrogens with zero attached hydrogens (tertiary/aromatic N) is 1. The summed E-state index contributed by atoms with van der Waals surface area (Å²) in [7, 11) is -3.72. The molecule has 0 bridgehead atoms. The normalized spacial score (nSPS) is 19.4. The lowest BCUT2D eigenvalue weighted by molar-refractivity contribution is 0.0512. The molecule has 1 aliphatic rings. The largest absolute Gasteiger partial charge is 0.444 e. The zero-order chi connectivity index (χ0) is 18.7. The highest BCUT2D eigenvalue weighted by Crippen LogP contribution is 2.29. The molecule has 1 aliphatic heterocycles. The number of sulfonamides is 1. The van der Waals surface area contributed by atoms with Crippen LogP contribution < -0.4 is 5.32 Å². The number of nitrogens with one attached hydrogen (secondary N) is 1. The van der Waals surface area contributed by atoms with E-state index >= 15 is 0 Å². The van der Waals surface area contributed by atoms with Crippen molar-refractivity contribution in [2.24, 2.45) is 0 Å². The van der Waals surface area contributed by atoms with E-state index in [9.17, 15) is 13.2 Å². The summed E-state index contributed by atoms with van der Waals surface area (Å²) in [6.07, 6.45) is 1.83. The van der Waals surface area contributed by atoms with Crippen molar-refractivity contribution < 1.29 is 17.9 Å². The summed E-state index contributed by atoms with van der Waals surface area (Å²) in [5, 5.41) is 2.88. The van der Waals surface area contributed by atoms with Gasteiger partial charge in [0, 0.05) is 19.1 Å². The minimum atomic E-state index is -3.72. The molecule has 2 rings (SSSR count). The number of amides is 1. The van der Waals surface area contributed by atoms with Gasteiger partial charge < -0.3 is 10.1 Å². The molecule has 1 aromatic carbocycles. The predicted molar refractivity (Wildman–Crippen MR) is 97.2 cm³/mol. The number of carbonyl (C=O) groups excluding carboxylic acids is 1. The molecule has 25 heavy (non-hydrogen) atoms. The van der Waals surface area contributed by atoms with Crippen molar-refractivity contribution in [1.82, 2.24) is 9.62 Å². The lowest BCUT2D eigenvalue weighted by Crippen LogP contribution is -2.49. The number of benzene rings is 1. The number of hydrogen-bond donors (Lipinski definition) is 1. The van der Waals surface area contributed by atoms with Crippen LogP contribution in [-0.2, 0) is 14.8 Å². The van der Waals surface area contributed by atoms with Gasteiger partial charge >= 0.3 is 6.09 Å². The number of carbonyl (C=O) groups is 1. The predicted octanol–water partition coefficient (Wildman–Crippen LogP) is 3.41. The van der Waals surface area contributed by atoms with Crippen LogP contribution in [0.4, 0.5) is 4.79 Å². The molecule has 1 atom stereocenters. The fourth-order valence-electron chi connectivity index (χ4n) is 2.79. The molecule has 0 saturated carbocycles. The molecule has 1 fully saturated rings. The second-order valence-corrected chi connectivity index (χ2v) is 9.34. The molecule has 1 unspecified atom stereocenters. The van der Waals surface area contributed by atoms with E-state index in [0.717, 1.165) is 12.8 Å². The summed E-state index contributed by atoms with van der Waals surface area (Å²) < 4.78 is 32.6. The van der Waals surface area contributed by atoms with E-state index in [-0.39, 0.29) is 22.5 Å². The summed E-state index contributed by atoms with van der Waals surface area (Å²) >= 11 is 6.08. The summed E-state index contributed by atoms with van der Waals surface area (Å²) in [6, 6.07) is 6.09. The highest BCUT2D eigenvalue weighted by atomic mass is 35.5. The third kappa shape index (κ3) is 5.33. The van der Waals surface area contributed by atoms with E-state index in [4.69, 9.17) is 16.3 Å². The van der Waals surface area contributed by atoms with Gasteiger partial charge in [-0.15, -0.1) is 0 Å². The Morgan fingerprint density at radius 2 is 2.00 bits per heavy atom. The van der Waals surface area contributed by atoms with Crippen molar-refractivity contribution in [3.63, 3.8) is 0 Å². The zero-order valence-electron chi connectivity index (χ0n) is 14.8. The fourth-order valence-corrected chi connectivity index (χ4v) is 4.98. The minimum absolute atomic E-state index is 0.0980. The molecule has 1 aromatic rings. The van der Waals surface area contributed by atoms with Crippen molar-refractivity contribution in [1.29, 1.82) is 0 Å². The Hall–Kier alpha value is -1.31. The minimum Gasteiger partial charge on any atom is -0.444 e. The Bertz CT molecular complexity index is 716. The van der Waals surface area contributed by atoms with Gasteiger partial charge in [-0.25, -0.2) is 13.2 Å².